The lowest BCUT2D eigenvalue weighted by atomic mass is 9.93. The molecule has 3 heterocycles. The average molecular weight is 433 g/mol. The molecule has 2 aromatic heterocycles. The molecule has 4 aromatic rings. The van der Waals surface area contributed by atoms with Crippen LogP contribution in [0, 0.1) is 27.7 Å². The van der Waals surface area contributed by atoms with Crippen molar-refractivity contribution in [2.24, 2.45) is 0 Å². The van der Waals surface area contributed by atoms with Gasteiger partial charge in [0, 0.05) is 29.9 Å². The fourth-order valence-electron chi connectivity index (χ4n) is 5.13. The highest BCUT2D eigenvalue weighted by Crippen LogP contribution is 2.52. The van der Waals surface area contributed by atoms with Gasteiger partial charge in [-0.2, -0.15) is 0 Å². The maximum Gasteiger partial charge on any atom is 0.0562 e. The van der Waals surface area contributed by atoms with Crippen LogP contribution >= 0.6 is 22.7 Å². The van der Waals surface area contributed by atoms with Gasteiger partial charge >= 0.3 is 0 Å². The lowest BCUT2D eigenvalue weighted by molar-refractivity contribution is 1.49. The maximum absolute atomic E-state index is 2.57. The van der Waals surface area contributed by atoms with Gasteiger partial charge in [0.15, 0.2) is 0 Å². The minimum absolute atomic E-state index is 1.29. The summed E-state index contributed by atoms with van der Waals surface area (Å²) in [6.45, 7) is 14.2. The summed E-state index contributed by atoms with van der Waals surface area (Å²) in [4.78, 5) is 2.97. The summed E-state index contributed by atoms with van der Waals surface area (Å²) >= 11 is 3.94. The molecule has 0 N–H and O–H groups in total. The number of rotatable bonds is 2. The molecule has 148 valence electrons. The Labute approximate surface area is 182 Å². The Morgan fingerprint density at radius 1 is 0.655 bits per heavy atom. The fourth-order valence-corrected chi connectivity index (χ4v) is 10.1. The van der Waals surface area contributed by atoms with Crippen molar-refractivity contribution in [2.45, 2.75) is 52.9 Å². The summed E-state index contributed by atoms with van der Waals surface area (Å²) in [7, 11) is -1.29. The van der Waals surface area contributed by atoms with Crippen molar-refractivity contribution < 1.29 is 0 Å². The minimum Gasteiger partial charge on any atom is -0.140 e. The van der Waals surface area contributed by atoms with Gasteiger partial charge in [0.2, 0.25) is 0 Å². The van der Waals surface area contributed by atoms with Crippen molar-refractivity contribution in [2.75, 3.05) is 0 Å². The van der Waals surface area contributed by atoms with Crippen molar-refractivity contribution in [1.29, 1.82) is 0 Å². The molecular formula is C26H28S2Si. The summed E-state index contributed by atoms with van der Waals surface area (Å²) in [5, 5.41) is 2.94. The van der Waals surface area contributed by atoms with Crippen molar-refractivity contribution in [3.05, 3.63) is 68.4 Å². The number of fused-ring (bicyclic) bond motifs is 2. The second-order valence-electron chi connectivity index (χ2n) is 9.54. The van der Waals surface area contributed by atoms with E-state index in [0.717, 1.165) is 0 Å². The highest BCUT2D eigenvalue weighted by atomic mass is 32.1. The van der Waals surface area contributed by atoms with Gasteiger partial charge in [-0.25, -0.2) is 0 Å². The second-order valence-corrected chi connectivity index (χ2v) is 17.1. The third-order valence-electron chi connectivity index (χ3n) is 6.32. The monoisotopic (exact) mass is 432 g/mol. The molecule has 1 aliphatic rings. The zero-order chi connectivity index (χ0) is 20.5. The van der Waals surface area contributed by atoms with E-state index < -0.39 is 8.07 Å². The zero-order valence-electron chi connectivity index (χ0n) is 18.2. The maximum atomic E-state index is 2.57. The van der Waals surface area contributed by atoms with Crippen LogP contribution < -0.4 is 0 Å². The molecule has 2 aromatic carbocycles. The van der Waals surface area contributed by atoms with E-state index in [1.807, 2.05) is 22.7 Å². The Morgan fingerprint density at radius 3 is 1.48 bits per heavy atom. The third-order valence-corrected chi connectivity index (χ3v) is 11.1. The first kappa shape index (κ1) is 19.3. The summed E-state index contributed by atoms with van der Waals surface area (Å²) in [5.41, 5.74) is 9.13. The van der Waals surface area contributed by atoms with E-state index in [-0.39, 0.29) is 0 Å². The molecule has 3 heteroatoms. The van der Waals surface area contributed by atoms with Crippen LogP contribution in [0.2, 0.25) is 25.2 Å². The lowest BCUT2D eigenvalue weighted by Gasteiger charge is -2.14. The van der Waals surface area contributed by atoms with Crippen LogP contribution in [-0.2, 0) is 0 Å². The lowest BCUT2D eigenvalue weighted by Crippen LogP contribution is -2.20. The van der Waals surface area contributed by atoms with Gasteiger partial charge in [-0.15, -0.1) is 22.7 Å². The van der Waals surface area contributed by atoms with Crippen LogP contribution in [0.5, 0.6) is 0 Å². The molecule has 0 saturated carbocycles. The Hall–Kier alpha value is -1.68. The fraction of sp³-hybridized carbons (Fsp3) is 0.308. The van der Waals surface area contributed by atoms with E-state index in [9.17, 15) is 0 Å². The molecule has 0 atom stereocenters. The standard InChI is InChI=1S/C26H28S2Si/c1-15-7-9-23-19(11-15)25(17(3)27-23)21-13-29(5,6)14-22(21)26-18(4)28-24-10-8-16(2)12-20(24)26/h7-12H,13-14H2,1-6H3. The number of hydrogen-bond acceptors (Lipinski definition) is 2. The highest BCUT2D eigenvalue weighted by Gasteiger charge is 2.36. The van der Waals surface area contributed by atoms with Gasteiger partial charge < -0.3 is 0 Å². The van der Waals surface area contributed by atoms with Crippen molar-refractivity contribution in [1.82, 2.24) is 0 Å². The first-order valence-electron chi connectivity index (χ1n) is 10.5. The number of hydrogen-bond donors (Lipinski definition) is 0. The van der Waals surface area contributed by atoms with Gasteiger partial charge in [0.1, 0.15) is 0 Å². The minimum atomic E-state index is -1.29. The summed E-state index contributed by atoms with van der Waals surface area (Å²) in [6.07, 6.45) is 0. The molecular weight excluding hydrogens is 405 g/mol. The van der Waals surface area contributed by atoms with Crippen molar-refractivity contribution >= 4 is 62.1 Å². The Balaban J connectivity index is 1.85. The number of benzene rings is 2. The highest BCUT2D eigenvalue weighted by molar-refractivity contribution is 7.19. The second kappa shape index (κ2) is 6.66. The van der Waals surface area contributed by atoms with E-state index in [1.54, 1.807) is 22.3 Å². The van der Waals surface area contributed by atoms with E-state index in [2.05, 4.69) is 77.2 Å². The van der Waals surface area contributed by atoms with Gasteiger partial charge in [-0.3, -0.25) is 0 Å². The van der Waals surface area contributed by atoms with Crippen LogP contribution in [0.3, 0.4) is 0 Å². The molecule has 0 nitrogen and oxygen atoms in total. The average Bonchev–Trinajstić information content (AvgIpc) is 3.23. The molecule has 5 rings (SSSR count). The predicted octanol–water partition coefficient (Wildman–Crippen LogP) is 8.98. The largest absolute Gasteiger partial charge is 0.140 e. The summed E-state index contributed by atoms with van der Waals surface area (Å²) < 4.78 is 2.87. The van der Waals surface area contributed by atoms with Crippen LogP contribution in [0.25, 0.3) is 31.3 Å². The van der Waals surface area contributed by atoms with Crippen LogP contribution in [0.15, 0.2) is 36.4 Å². The molecule has 29 heavy (non-hydrogen) atoms. The van der Waals surface area contributed by atoms with Crippen LogP contribution in [0.4, 0.5) is 0 Å². The number of allylic oxidation sites excluding steroid dienone is 2. The molecule has 0 radical (unpaired) electrons. The molecule has 0 unspecified atom stereocenters. The van der Waals surface area contributed by atoms with E-state index in [1.165, 1.54) is 53.1 Å². The zero-order valence-corrected chi connectivity index (χ0v) is 20.8. The van der Waals surface area contributed by atoms with Crippen LogP contribution in [0.1, 0.15) is 32.0 Å². The SMILES string of the molecule is Cc1ccc2sc(C)c(C3=C(c4c(C)sc5ccc(C)cc45)C[Si](C)(C)C3)c2c1. The van der Waals surface area contributed by atoms with E-state index in [0.29, 0.717) is 0 Å². The smallest absolute Gasteiger partial charge is 0.0562 e. The molecule has 0 fully saturated rings. The quantitative estimate of drug-likeness (QED) is 0.277. The molecule has 0 aliphatic carbocycles. The predicted molar refractivity (Wildman–Crippen MR) is 137 cm³/mol. The molecule has 1 aliphatic heterocycles. The summed E-state index contributed by atoms with van der Waals surface area (Å²) in [6, 6.07) is 16.6. The first-order chi connectivity index (χ1) is 13.7. The molecule has 0 bridgehead atoms. The third kappa shape index (κ3) is 3.15. The van der Waals surface area contributed by atoms with E-state index in [4.69, 9.17) is 0 Å². The van der Waals surface area contributed by atoms with Crippen LogP contribution in [-0.4, -0.2) is 8.07 Å². The topological polar surface area (TPSA) is 0 Å². The Kier molecular flexibility index (Phi) is 4.43. The normalized spacial score (nSPS) is 16.5. The molecule has 0 spiro atoms. The van der Waals surface area contributed by atoms with Crippen molar-refractivity contribution in [3.63, 3.8) is 0 Å². The Morgan fingerprint density at radius 2 is 1.07 bits per heavy atom. The van der Waals surface area contributed by atoms with Gasteiger partial charge in [-0.1, -0.05) is 36.4 Å². The number of aryl methyl sites for hydroxylation is 4. The van der Waals surface area contributed by atoms with Crippen molar-refractivity contribution in [3.8, 4) is 0 Å². The molecule has 0 amide bonds. The summed E-state index contributed by atoms with van der Waals surface area (Å²) in [5.74, 6) is 0. The molecule has 0 saturated heterocycles. The Bertz CT molecular complexity index is 1210. The van der Waals surface area contributed by atoms with Gasteiger partial charge in [0.05, 0.1) is 8.07 Å². The first-order valence-corrected chi connectivity index (χ1v) is 15.5. The van der Waals surface area contributed by atoms with Gasteiger partial charge in [-0.05, 0) is 86.3 Å². The van der Waals surface area contributed by atoms with Gasteiger partial charge in [0.25, 0.3) is 0 Å². The number of thiophene rings is 2. The van der Waals surface area contributed by atoms with E-state index >= 15 is 0 Å².